The van der Waals surface area contributed by atoms with Crippen molar-refractivity contribution in [2.45, 2.75) is 0 Å². The van der Waals surface area contributed by atoms with Gasteiger partial charge >= 0.3 is 0 Å². The van der Waals surface area contributed by atoms with E-state index in [9.17, 15) is 9.18 Å². The first-order valence-corrected chi connectivity index (χ1v) is 8.81. The molecule has 6 heteroatoms. The molecule has 5 nitrogen and oxygen atoms in total. The van der Waals surface area contributed by atoms with E-state index in [-0.39, 0.29) is 18.3 Å². The first kappa shape index (κ1) is 19.4. The molecule has 28 heavy (non-hydrogen) atoms. The minimum atomic E-state index is -0.551. The van der Waals surface area contributed by atoms with Crippen LogP contribution in [0.3, 0.4) is 0 Å². The van der Waals surface area contributed by atoms with Gasteiger partial charge in [-0.2, -0.15) is 0 Å². The number of hydrogen-bond donors (Lipinski definition) is 2. The smallest absolute Gasteiger partial charge is 0.257 e. The quantitative estimate of drug-likeness (QED) is 0.549. The molecule has 3 rings (SSSR count). The van der Waals surface area contributed by atoms with Crippen molar-refractivity contribution in [2.24, 2.45) is 0 Å². The highest BCUT2D eigenvalue weighted by atomic mass is 19.1. The van der Waals surface area contributed by atoms with E-state index in [1.165, 1.54) is 12.1 Å². The fourth-order valence-corrected chi connectivity index (χ4v) is 2.60. The molecule has 0 radical (unpaired) electrons. The van der Waals surface area contributed by atoms with Gasteiger partial charge in [0.25, 0.3) is 5.91 Å². The topological polar surface area (TPSA) is 59.6 Å². The Morgan fingerprint density at radius 2 is 1.68 bits per heavy atom. The molecular formula is C22H21FN2O3. The Labute approximate surface area is 163 Å². The first-order valence-electron chi connectivity index (χ1n) is 8.81. The molecule has 0 saturated carbocycles. The predicted molar refractivity (Wildman–Crippen MR) is 108 cm³/mol. The molecule has 0 unspecified atom stereocenters. The number of para-hydroxylation sites is 2. The molecule has 3 aromatic rings. The van der Waals surface area contributed by atoms with Crippen molar-refractivity contribution < 1.29 is 18.7 Å². The van der Waals surface area contributed by atoms with Crippen LogP contribution in [0.5, 0.6) is 5.75 Å². The monoisotopic (exact) mass is 380 g/mol. The lowest BCUT2D eigenvalue weighted by Gasteiger charge is -2.13. The van der Waals surface area contributed by atoms with Crippen LogP contribution in [-0.2, 0) is 4.74 Å². The van der Waals surface area contributed by atoms with E-state index in [1.807, 2.05) is 42.5 Å². The SMILES string of the molecule is COCCOc1ccc(NC(=O)c2ccccc2Nc2ccccc2)cc1F. The van der Waals surface area contributed by atoms with Crippen molar-refractivity contribution in [3.8, 4) is 5.75 Å². The Bertz CT molecular complexity index is 932. The van der Waals surface area contributed by atoms with Crippen molar-refractivity contribution in [1.29, 1.82) is 0 Å². The number of carbonyl (C=O) groups is 1. The van der Waals surface area contributed by atoms with E-state index < -0.39 is 5.82 Å². The summed E-state index contributed by atoms with van der Waals surface area (Å²) in [6, 6.07) is 21.0. The van der Waals surface area contributed by atoms with Gasteiger partial charge in [-0.1, -0.05) is 30.3 Å². The Balaban J connectivity index is 1.72. The molecule has 2 N–H and O–H groups in total. The maximum absolute atomic E-state index is 14.2. The molecule has 0 aliphatic rings. The number of ether oxygens (including phenoxy) is 2. The van der Waals surface area contributed by atoms with E-state index in [2.05, 4.69) is 10.6 Å². The zero-order valence-corrected chi connectivity index (χ0v) is 15.4. The summed E-state index contributed by atoms with van der Waals surface area (Å²) < 4.78 is 24.3. The molecule has 0 fully saturated rings. The first-order chi connectivity index (χ1) is 13.7. The molecule has 1 amide bonds. The molecule has 0 heterocycles. The van der Waals surface area contributed by atoms with E-state index in [0.29, 0.717) is 23.5 Å². The summed E-state index contributed by atoms with van der Waals surface area (Å²) in [6.07, 6.45) is 0. The van der Waals surface area contributed by atoms with Crippen molar-refractivity contribution in [1.82, 2.24) is 0 Å². The van der Waals surface area contributed by atoms with Crippen LogP contribution in [0.25, 0.3) is 0 Å². The summed E-state index contributed by atoms with van der Waals surface area (Å²) in [5, 5.41) is 5.94. The normalized spacial score (nSPS) is 10.4. The summed E-state index contributed by atoms with van der Waals surface area (Å²) in [7, 11) is 1.54. The minimum absolute atomic E-state index is 0.112. The molecule has 0 saturated heterocycles. The molecule has 0 aromatic heterocycles. The number of hydrogen-bond acceptors (Lipinski definition) is 4. The number of halogens is 1. The lowest BCUT2D eigenvalue weighted by Crippen LogP contribution is -2.14. The number of benzene rings is 3. The van der Waals surface area contributed by atoms with Crippen LogP contribution in [0.4, 0.5) is 21.5 Å². The number of amides is 1. The number of carbonyl (C=O) groups excluding carboxylic acids is 1. The number of methoxy groups -OCH3 is 1. The molecule has 0 aliphatic carbocycles. The van der Waals surface area contributed by atoms with Crippen LogP contribution >= 0.6 is 0 Å². The minimum Gasteiger partial charge on any atom is -0.488 e. The number of rotatable bonds is 8. The highest BCUT2D eigenvalue weighted by Gasteiger charge is 2.13. The lowest BCUT2D eigenvalue weighted by atomic mass is 10.1. The second kappa shape index (κ2) is 9.53. The molecule has 0 aliphatic heterocycles. The van der Waals surface area contributed by atoms with Crippen molar-refractivity contribution in [3.63, 3.8) is 0 Å². The molecule has 3 aromatic carbocycles. The zero-order chi connectivity index (χ0) is 19.8. The summed E-state index contributed by atoms with van der Waals surface area (Å²) in [5.41, 5.74) is 2.32. The molecule has 0 bridgehead atoms. The van der Waals surface area contributed by atoms with E-state index in [0.717, 1.165) is 5.69 Å². The maximum Gasteiger partial charge on any atom is 0.257 e. The molecular weight excluding hydrogens is 359 g/mol. The third kappa shape index (κ3) is 5.08. The van der Waals surface area contributed by atoms with Crippen molar-refractivity contribution in [2.75, 3.05) is 31.0 Å². The van der Waals surface area contributed by atoms with Crippen LogP contribution < -0.4 is 15.4 Å². The molecule has 0 atom stereocenters. The van der Waals surface area contributed by atoms with Gasteiger partial charge < -0.3 is 20.1 Å². The highest BCUT2D eigenvalue weighted by Crippen LogP contribution is 2.24. The standard InChI is InChI=1S/C22H21FN2O3/c1-27-13-14-28-21-12-11-17(15-19(21)23)25-22(26)18-9-5-6-10-20(18)24-16-7-3-2-4-8-16/h2-12,15,24H,13-14H2,1H3,(H,25,26). The third-order valence-corrected chi connectivity index (χ3v) is 3.96. The second-order valence-corrected chi connectivity index (χ2v) is 5.98. The molecule has 0 spiro atoms. The van der Waals surface area contributed by atoms with E-state index in [1.54, 1.807) is 25.3 Å². The van der Waals surface area contributed by atoms with Gasteiger partial charge in [0, 0.05) is 24.6 Å². The van der Waals surface area contributed by atoms with Crippen molar-refractivity contribution >= 4 is 23.0 Å². The maximum atomic E-state index is 14.2. The highest BCUT2D eigenvalue weighted by molar-refractivity contribution is 6.08. The average molecular weight is 380 g/mol. The molecule has 144 valence electrons. The van der Waals surface area contributed by atoms with E-state index in [4.69, 9.17) is 9.47 Å². The van der Waals surface area contributed by atoms with Gasteiger partial charge in [0.2, 0.25) is 0 Å². The zero-order valence-electron chi connectivity index (χ0n) is 15.4. The largest absolute Gasteiger partial charge is 0.488 e. The van der Waals surface area contributed by atoms with Crippen LogP contribution in [-0.4, -0.2) is 26.2 Å². The van der Waals surface area contributed by atoms with Gasteiger partial charge in [-0.05, 0) is 36.4 Å². The Kier molecular flexibility index (Phi) is 6.59. The van der Waals surface area contributed by atoms with Crippen molar-refractivity contribution in [3.05, 3.63) is 84.2 Å². The summed E-state index contributed by atoms with van der Waals surface area (Å²) in [6.45, 7) is 0.612. The van der Waals surface area contributed by atoms with Crippen LogP contribution in [0.15, 0.2) is 72.8 Å². The average Bonchev–Trinajstić information content (AvgIpc) is 2.71. The van der Waals surface area contributed by atoms with Gasteiger partial charge in [0.15, 0.2) is 11.6 Å². The fraction of sp³-hybridized carbons (Fsp3) is 0.136. The Morgan fingerprint density at radius 1 is 0.929 bits per heavy atom. The number of anilines is 3. The number of nitrogens with one attached hydrogen (secondary N) is 2. The van der Waals surface area contributed by atoms with E-state index >= 15 is 0 Å². The summed E-state index contributed by atoms with van der Waals surface area (Å²) in [4.78, 5) is 12.7. The lowest BCUT2D eigenvalue weighted by molar-refractivity contribution is 0.102. The van der Waals surface area contributed by atoms with Gasteiger partial charge in [-0.25, -0.2) is 4.39 Å². The Morgan fingerprint density at radius 3 is 2.43 bits per heavy atom. The third-order valence-electron chi connectivity index (χ3n) is 3.96. The van der Waals surface area contributed by atoms with Crippen LogP contribution in [0.1, 0.15) is 10.4 Å². The van der Waals surface area contributed by atoms with Gasteiger partial charge in [0.1, 0.15) is 6.61 Å². The summed E-state index contributed by atoms with van der Waals surface area (Å²) in [5.74, 6) is -0.780. The summed E-state index contributed by atoms with van der Waals surface area (Å²) >= 11 is 0. The second-order valence-electron chi connectivity index (χ2n) is 5.98. The van der Waals surface area contributed by atoms with Crippen LogP contribution in [0, 0.1) is 5.82 Å². The van der Waals surface area contributed by atoms with Gasteiger partial charge in [0.05, 0.1) is 17.9 Å². The predicted octanol–water partition coefficient (Wildman–Crippen LogP) is 4.85. The van der Waals surface area contributed by atoms with Gasteiger partial charge in [-0.3, -0.25) is 4.79 Å². The Hall–Kier alpha value is -3.38. The fourth-order valence-electron chi connectivity index (χ4n) is 2.60. The van der Waals surface area contributed by atoms with Crippen LogP contribution in [0.2, 0.25) is 0 Å². The van der Waals surface area contributed by atoms with Gasteiger partial charge in [-0.15, -0.1) is 0 Å².